The Kier molecular flexibility index (Phi) is 3.88. The molecule has 0 radical (unpaired) electrons. The Balaban J connectivity index is 2.27. The molecule has 1 amide bonds. The van der Waals surface area contributed by atoms with Gasteiger partial charge in [-0.2, -0.15) is 0 Å². The molecule has 4 heteroatoms. The molecule has 1 aromatic carbocycles. The van der Waals surface area contributed by atoms with E-state index in [0.717, 1.165) is 0 Å². The highest BCUT2D eigenvalue weighted by Crippen LogP contribution is 2.40. The Bertz CT molecular complexity index is 463. The van der Waals surface area contributed by atoms with Gasteiger partial charge in [-0.15, -0.1) is 0 Å². The Morgan fingerprint density at radius 1 is 1.32 bits per heavy atom. The summed E-state index contributed by atoms with van der Waals surface area (Å²) in [5, 5.41) is 9.37. The van der Waals surface area contributed by atoms with Gasteiger partial charge in [0, 0.05) is 6.04 Å². The minimum Gasteiger partial charge on any atom is -0.479 e. The zero-order valence-electron chi connectivity index (χ0n) is 11.2. The normalized spacial score (nSPS) is 16.2. The van der Waals surface area contributed by atoms with Crippen LogP contribution in [0.15, 0.2) is 24.3 Å². The summed E-state index contributed by atoms with van der Waals surface area (Å²) in [5.74, 6) is -0.357. The Hall–Kier alpha value is -1.84. The van der Waals surface area contributed by atoms with Crippen LogP contribution in [0.25, 0.3) is 0 Å². The maximum Gasteiger partial charge on any atom is 0.331 e. The third-order valence-corrected chi connectivity index (χ3v) is 3.55. The number of nitrogens with zero attached hydrogens (tertiary/aromatic N) is 1. The number of amides is 1. The fourth-order valence-corrected chi connectivity index (χ4v) is 2.29. The third-order valence-electron chi connectivity index (χ3n) is 3.55. The lowest BCUT2D eigenvalue weighted by Gasteiger charge is -2.29. The fraction of sp³-hybridized carbons (Fsp3) is 0.467. The van der Waals surface area contributed by atoms with Gasteiger partial charge in [-0.25, -0.2) is 4.79 Å². The van der Waals surface area contributed by atoms with Crippen molar-refractivity contribution < 1.29 is 14.7 Å². The van der Waals surface area contributed by atoms with Gasteiger partial charge in [-0.1, -0.05) is 24.3 Å². The van der Waals surface area contributed by atoms with Crippen LogP contribution in [0.1, 0.15) is 49.8 Å². The second-order valence-corrected chi connectivity index (χ2v) is 5.33. The van der Waals surface area contributed by atoms with E-state index in [1.165, 1.54) is 23.3 Å². The first kappa shape index (κ1) is 13.6. The van der Waals surface area contributed by atoms with Crippen molar-refractivity contribution in [2.75, 3.05) is 0 Å². The molecule has 0 saturated heterocycles. The SMILES string of the molecule is CC(C)N(C=O)C(C(=O)O)c1ccc(C2CC2)cc1. The second kappa shape index (κ2) is 5.43. The number of carboxylic acids is 1. The largest absolute Gasteiger partial charge is 0.479 e. The first-order chi connectivity index (χ1) is 9.04. The fourth-order valence-electron chi connectivity index (χ4n) is 2.29. The van der Waals surface area contributed by atoms with E-state index in [0.29, 0.717) is 17.9 Å². The molecule has 1 N–H and O–H groups in total. The van der Waals surface area contributed by atoms with Crippen molar-refractivity contribution >= 4 is 12.4 Å². The van der Waals surface area contributed by atoms with Gasteiger partial charge >= 0.3 is 5.97 Å². The molecule has 1 aromatic rings. The van der Waals surface area contributed by atoms with Gasteiger partial charge in [-0.3, -0.25) is 4.79 Å². The molecule has 19 heavy (non-hydrogen) atoms. The third kappa shape index (κ3) is 2.95. The van der Waals surface area contributed by atoms with E-state index < -0.39 is 12.0 Å². The van der Waals surface area contributed by atoms with Crippen molar-refractivity contribution in [1.82, 2.24) is 4.90 Å². The summed E-state index contributed by atoms with van der Waals surface area (Å²) in [6.45, 7) is 3.62. The molecule has 1 fully saturated rings. The predicted molar refractivity (Wildman–Crippen MR) is 71.8 cm³/mol. The number of aliphatic carboxylic acids is 1. The summed E-state index contributed by atoms with van der Waals surface area (Å²) in [6, 6.07) is 6.54. The van der Waals surface area contributed by atoms with Crippen LogP contribution in [0, 0.1) is 0 Å². The van der Waals surface area contributed by atoms with Crippen molar-refractivity contribution in [3.8, 4) is 0 Å². The molecule has 0 aromatic heterocycles. The van der Waals surface area contributed by atoms with E-state index in [4.69, 9.17) is 0 Å². The van der Waals surface area contributed by atoms with Crippen molar-refractivity contribution in [3.63, 3.8) is 0 Å². The minimum absolute atomic E-state index is 0.151. The van der Waals surface area contributed by atoms with Gasteiger partial charge < -0.3 is 10.0 Å². The lowest BCUT2D eigenvalue weighted by atomic mass is 10.0. The second-order valence-electron chi connectivity index (χ2n) is 5.33. The van der Waals surface area contributed by atoms with E-state index in [1.54, 1.807) is 0 Å². The van der Waals surface area contributed by atoms with Gasteiger partial charge in [-0.05, 0) is 43.7 Å². The van der Waals surface area contributed by atoms with Gasteiger partial charge in [0.1, 0.15) is 0 Å². The van der Waals surface area contributed by atoms with E-state index in [9.17, 15) is 14.7 Å². The lowest BCUT2D eigenvalue weighted by Crippen LogP contribution is -2.38. The van der Waals surface area contributed by atoms with Crippen LogP contribution in [0.3, 0.4) is 0 Å². The van der Waals surface area contributed by atoms with Gasteiger partial charge in [0.05, 0.1) is 0 Å². The molecule has 0 aliphatic heterocycles. The predicted octanol–water partition coefficient (Wildman–Crippen LogP) is 2.56. The monoisotopic (exact) mass is 261 g/mol. The van der Waals surface area contributed by atoms with Crippen molar-refractivity contribution in [2.45, 2.75) is 44.7 Å². The number of carbonyl (C=O) groups excluding carboxylic acids is 1. The van der Waals surface area contributed by atoms with Crippen LogP contribution in [-0.4, -0.2) is 28.4 Å². The number of hydrogen-bond donors (Lipinski definition) is 1. The summed E-state index contributed by atoms with van der Waals surface area (Å²) >= 11 is 0. The smallest absolute Gasteiger partial charge is 0.331 e. The van der Waals surface area contributed by atoms with E-state index in [-0.39, 0.29) is 6.04 Å². The maximum atomic E-state index is 11.4. The Morgan fingerprint density at radius 2 is 1.89 bits per heavy atom. The highest BCUT2D eigenvalue weighted by molar-refractivity contribution is 5.78. The summed E-state index contributed by atoms with van der Waals surface area (Å²) in [6.07, 6.45) is 3.04. The zero-order valence-corrected chi connectivity index (χ0v) is 11.2. The van der Waals surface area contributed by atoms with Crippen LogP contribution < -0.4 is 0 Å². The summed E-state index contributed by atoms with van der Waals surface area (Å²) in [4.78, 5) is 23.9. The highest BCUT2D eigenvalue weighted by atomic mass is 16.4. The van der Waals surface area contributed by atoms with Crippen LogP contribution >= 0.6 is 0 Å². The number of rotatable bonds is 6. The molecular weight excluding hydrogens is 242 g/mol. The molecular formula is C15H19NO3. The molecule has 1 aliphatic carbocycles. The molecule has 0 heterocycles. The van der Waals surface area contributed by atoms with Crippen molar-refractivity contribution in [3.05, 3.63) is 35.4 Å². The average Bonchev–Trinajstić information content (AvgIpc) is 3.19. The summed E-state index contributed by atoms with van der Waals surface area (Å²) in [7, 11) is 0. The van der Waals surface area contributed by atoms with Crippen molar-refractivity contribution in [2.24, 2.45) is 0 Å². The van der Waals surface area contributed by atoms with Crippen LogP contribution in [0.5, 0.6) is 0 Å². The van der Waals surface area contributed by atoms with Crippen LogP contribution in [-0.2, 0) is 9.59 Å². The Labute approximate surface area is 113 Å². The highest BCUT2D eigenvalue weighted by Gasteiger charge is 2.29. The molecule has 1 saturated carbocycles. The number of benzene rings is 1. The topological polar surface area (TPSA) is 57.6 Å². The molecule has 102 valence electrons. The Morgan fingerprint density at radius 3 is 2.26 bits per heavy atom. The molecule has 1 atom stereocenters. The first-order valence-electron chi connectivity index (χ1n) is 6.60. The molecule has 0 bridgehead atoms. The van der Waals surface area contributed by atoms with E-state index in [1.807, 2.05) is 38.1 Å². The van der Waals surface area contributed by atoms with Crippen LogP contribution in [0.4, 0.5) is 0 Å². The van der Waals surface area contributed by atoms with Crippen LogP contribution in [0.2, 0.25) is 0 Å². The maximum absolute atomic E-state index is 11.4. The average molecular weight is 261 g/mol. The number of carbonyl (C=O) groups is 2. The molecule has 1 aliphatic rings. The zero-order chi connectivity index (χ0) is 14.0. The molecule has 1 unspecified atom stereocenters. The molecule has 4 nitrogen and oxygen atoms in total. The quantitative estimate of drug-likeness (QED) is 0.801. The van der Waals surface area contributed by atoms with E-state index >= 15 is 0 Å². The molecule has 0 spiro atoms. The van der Waals surface area contributed by atoms with E-state index in [2.05, 4.69) is 0 Å². The minimum atomic E-state index is -1.00. The number of carboxylic acid groups (broad SMARTS) is 1. The van der Waals surface area contributed by atoms with Gasteiger partial charge in [0.25, 0.3) is 0 Å². The molecule has 2 rings (SSSR count). The standard InChI is InChI=1S/C15H19NO3/c1-10(2)16(9-17)14(15(18)19)13-7-5-12(6-8-13)11-3-4-11/h5-11,14H,3-4H2,1-2H3,(H,18,19). The number of hydrogen-bond acceptors (Lipinski definition) is 2. The van der Waals surface area contributed by atoms with Gasteiger partial charge in [0.2, 0.25) is 6.41 Å². The summed E-state index contributed by atoms with van der Waals surface area (Å²) < 4.78 is 0. The van der Waals surface area contributed by atoms with Crippen molar-refractivity contribution in [1.29, 1.82) is 0 Å². The summed E-state index contributed by atoms with van der Waals surface area (Å²) in [5.41, 5.74) is 1.91. The first-order valence-corrected chi connectivity index (χ1v) is 6.60. The lowest BCUT2D eigenvalue weighted by molar-refractivity contribution is -0.147. The van der Waals surface area contributed by atoms with Gasteiger partial charge in [0.15, 0.2) is 6.04 Å².